The van der Waals surface area contributed by atoms with Crippen molar-refractivity contribution in [2.75, 3.05) is 5.75 Å². The molecule has 0 unspecified atom stereocenters. The Bertz CT molecular complexity index is 1050. The van der Waals surface area contributed by atoms with Crippen molar-refractivity contribution in [2.45, 2.75) is 11.6 Å². The summed E-state index contributed by atoms with van der Waals surface area (Å²) in [5, 5.41) is 15.3. The third-order valence-corrected chi connectivity index (χ3v) is 5.08. The van der Waals surface area contributed by atoms with Gasteiger partial charge in [0.2, 0.25) is 5.16 Å². The van der Waals surface area contributed by atoms with Crippen molar-refractivity contribution < 1.29 is 4.42 Å². The van der Waals surface area contributed by atoms with E-state index in [1.807, 2.05) is 53.2 Å². The zero-order valence-electron chi connectivity index (χ0n) is 13.3. The molecule has 2 aromatic heterocycles. The third kappa shape index (κ3) is 2.64. The Morgan fingerprint density at radius 2 is 1.84 bits per heavy atom. The van der Waals surface area contributed by atoms with Crippen LogP contribution in [-0.4, -0.2) is 26.3 Å². The van der Waals surface area contributed by atoms with Crippen LogP contribution < -0.4 is 0 Å². The molecule has 5 nitrogen and oxygen atoms in total. The van der Waals surface area contributed by atoms with Gasteiger partial charge in [0.25, 0.3) is 0 Å². The molecule has 25 heavy (non-hydrogen) atoms. The van der Waals surface area contributed by atoms with Crippen LogP contribution in [0.1, 0.15) is 17.1 Å². The van der Waals surface area contributed by atoms with Crippen LogP contribution in [-0.2, 0) is 6.42 Å². The zero-order chi connectivity index (χ0) is 16.6. The average molecular weight is 346 g/mol. The summed E-state index contributed by atoms with van der Waals surface area (Å²) >= 11 is 1.63. The summed E-state index contributed by atoms with van der Waals surface area (Å²) in [5.41, 5.74) is 2.97. The van der Waals surface area contributed by atoms with Crippen LogP contribution in [0.2, 0.25) is 0 Å². The molecule has 5 rings (SSSR count). The van der Waals surface area contributed by atoms with Gasteiger partial charge in [-0.15, -0.1) is 10.2 Å². The minimum Gasteiger partial charge on any atom is -0.455 e. The number of aromatic nitrogens is 3. The van der Waals surface area contributed by atoms with Gasteiger partial charge in [-0.2, -0.15) is 9.78 Å². The molecule has 3 heterocycles. The van der Waals surface area contributed by atoms with Crippen molar-refractivity contribution in [3.8, 4) is 0 Å². The van der Waals surface area contributed by atoms with Gasteiger partial charge in [-0.3, -0.25) is 0 Å². The van der Waals surface area contributed by atoms with E-state index in [0.717, 1.165) is 39.2 Å². The van der Waals surface area contributed by atoms with Crippen LogP contribution >= 0.6 is 11.8 Å². The van der Waals surface area contributed by atoms with Crippen molar-refractivity contribution in [1.29, 1.82) is 0 Å². The summed E-state index contributed by atoms with van der Waals surface area (Å²) < 4.78 is 7.80. The molecule has 1 aliphatic heterocycles. The van der Waals surface area contributed by atoms with Crippen LogP contribution in [0.25, 0.3) is 11.0 Å². The van der Waals surface area contributed by atoms with E-state index < -0.39 is 0 Å². The molecule has 0 atom stereocenters. The summed E-state index contributed by atoms with van der Waals surface area (Å²) in [6.45, 7) is 0. The molecule has 1 aliphatic rings. The van der Waals surface area contributed by atoms with Crippen molar-refractivity contribution in [3.05, 3.63) is 77.8 Å². The van der Waals surface area contributed by atoms with Crippen LogP contribution in [0.4, 0.5) is 0 Å². The van der Waals surface area contributed by atoms with E-state index in [-0.39, 0.29) is 0 Å². The number of furan rings is 1. The lowest BCUT2D eigenvalue weighted by Crippen LogP contribution is -2.14. The first-order valence-electron chi connectivity index (χ1n) is 8.05. The summed E-state index contributed by atoms with van der Waals surface area (Å²) in [6.07, 6.45) is 0.700. The predicted molar refractivity (Wildman–Crippen MR) is 98.1 cm³/mol. The molecular weight excluding hydrogens is 332 g/mol. The summed E-state index contributed by atoms with van der Waals surface area (Å²) in [7, 11) is 0. The molecule has 0 radical (unpaired) electrons. The number of thioether (sulfide) groups is 1. The SMILES string of the molecule is c1ccc(Cc2nnc3n2N=C(c2cc4ccccc4o2)CS3)cc1. The monoisotopic (exact) mass is 346 g/mol. The number of rotatable bonds is 3. The molecule has 0 aliphatic carbocycles. The van der Waals surface area contributed by atoms with Crippen molar-refractivity contribution >= 4 is 28.4 Å². The highest BCUT2D eigenvalue weighted by molar-refractivity contribution is 7.99. The third-order valence-electron chi connectivity index (χ3n) is 4.15. The lowest BCUT2D eigenvalue weighted by atomic mass is 10.1. The number of fused-ring (bicyclic) bond motifs is 2. The van der Waals surface area contributed by atoms with Gasteiger partial charge >= 0.3 is 0 Å². The second kappa shape index (κ2) is 5.89. The average Bonchev–Trinajstić information content (AvgIpc) is 3.26. The fourth-order valence-corrected chi connectivity index (χ4v) is 3.73. The topological polar surface area (TPSA) is 56.2 Å². The van der Waals surface area contributed by atoms with E-state index in [0.29, 0.717) is 6.42 Å². The molecule has 0 N–H and O–H groups in total. The fourth-order valence-electron chi connectivity index (χ4n) is 2.90. The maximum Gasteiger partial charge on any atom is 0.212 e. The second-order valence-electron chi connectivity index (χ2n) is 5.86. The van der Waals surface area contributed by atoms with Gasteiger partial charge in [0.15, 0.2) is 11.6 Å². The highest BCUT2D eigenvalue weighted by Gasteiger charge is 2.21. The zero-order valence-corrected chi connectivity index (χ0v) is 14.1. The Morgan fingerprint density at radius 1 is 1.00 bits per heavy atom. The van der Waals surface area contributed by atoms with Gasteiger partial charge in [0.1, 0.15) is 11.3 Å². The van der Waals surface area contributed by atoms with Crippen molar-refractivity contribution in [3.63, 3.8) is 0 Å². The standard InChI is InChI=1S/C19H14N4OS/c1-2-6-13(7-3-1)10-18-20-21-19-23(18)22-15(12-25-19)17-11-14-8-4-5-9-16(14)24-17/h1-9,11H,10,12H2. The smallest absolute Gasteiger partial charge is 0.212 e. The van der Waals surface area contributed by atoms with Gasteiger partial charge in [-0.05, 0) is 17.7 Å². The summed E-state index contributed by atoms with van der Waals surface area (Å²) in [4.78, 5) is 0. The fraction of sp³-hybridized carbons (Fsp3) is 0.105. The number of nitrogens with zero attached hydrogens (tertiary/aromatic N) is 4. The summed E-state index contributed by atoms with van der Waals surface area (Å²) in [5.74, 6) is 2.37. The molecule has 0 saturated carbocycles. The van der Waals surface area contributed by atoms with Gasteiger partial charge in [-0.1, -0.05) is 60.3 Å². The minimum absolute atomic E-state index is 0.700. The minimum atomic E-state index is 0.700. The molecule has 0 bridgehead atoms. The van der Waals surface area contributed by atoms with Gasteiger partial charge < -0.3 is 4.42 Å². The molecule has 0 saturated heterocycles. The largest absolute Gasteiger partial charge is 0.455 e. The van der Waals surface area contributed by atoms with Gasteiger partial charge in [0.05, 0.1) is 0 Å². The van der Waals surface area contributed by atoms with E-state index in [1.54, 1.807) is 11.8 Å². The maximum absolute atomic E-state index is 5.96. The lowest BCUT2D eigenvalue weighted by molar-refractivity contribution is 0.600. The molecular formula is C19H14N4OS. The molecule has 0 fully saturated rings. The highest BCUT2D eigenvalue weighted by Crippen LogP contribution is 2.27. The predicted octanol–water partition coefficient (Wildman–Crippen LogP) is 3.97. The van der Waals surface area contributed by atoms with Crippen LogP contribution in [0.5, 0.6) is 0 Å². The Hall–Kier alpha value is -2.86. The van der Waals surface area contributed by atoms with Crippen molar-refractivity contribution in [2.24, 2.45) is 5.10 Å². The molecule has 0 spiro atoms. The number of hydrogen-bond acceptors (Lipinski definition) is 5. The maximum atomic E-state index is 5.96. The molecule has 2 aromatic carbocycles. The van der Waals surface area contributed by atoms with Gasteiger partial charge in [-0.25, -0.2) is 0 Å². The van der Waals surface area contributed by atoms with Crippen LogP contribution in [0.3, 0.4) is 0 Å². The molecule has 4 aromatic rings. The van der Waals surface area contributed by atoms with E-state index >= 15 is 0 Å². The number of benzene rings is 2. The second-order valence-corrected chi connectivity index (χ2v) is 6.80. The Labute approximate surface area is 148 Å². The summed E-state index contributed by atoms with van der Waals surface area (Å²) in [6, 6.07) is 20.3. The molecule has 122 valence electrons. The van der Waals surface area contributed by atoms with E-state index in [9.17, 15) is 0 Å². The Balaban J connectivity index is 1.53. The first-order valence-corrected chi connectivity index (χ1v) is 9.03. The van der Waals surface area contributed by atoms with E-state index in [4.69, 9.17) is 9.52 Å². The quantitative estimate of drug-likeness (QED) is 0.563. The first kappa shape index (κ1) is 14.5. The van der Waals surface area contributed by atoms with E-state index in [2.05, 4.69) is 22.3 Å². The highest BCUT2D eigenvalue weighted by atomic mass is 32.2. The van der Waals surface area contributed by atoms with Crippen molar-refractivity contribution in [1.82, 2.24) is 14.9 Å². The normalized spacial score (nSPS) is 13.7. The van der Waals surface area contributed by atoms with Crippen LogP contribution in [0.15, 0.2) is 75.3 Å². The number of hydrogen-bond donors (Lipinski definition) is 0. The number of para-hydroxylation sites is 1. The van der Waals surface area contributed by atoms with Gasteiger partial charge in [0, 0.05) is 17.6 Å². The molecule has 6 heteroatoms. The lowest BCUT2D eigenvalue weighted by Gasteiger charge is -2.12. The first-order chi connectivity index (χ1) is 12.4. The Morgan fingerprint density at radius 3 is 2.72 bits per heavy atom. The molecule has 0 amide bonds. The van der Waals surface area contributed by atoms with Crippen LogP contribution in [0, 0.1) is 0 Å². The Kier molecular flexibility index (Phi) is 3.41. The van der Waals surface area contributed by atoms with E-state index in [1.165, 1.54) is 5.56 Å².